The van der Waals surface area contributed by atoms with Gasteiger partial charge in [0.1, 0.15) is 5.15 Å². The standard InChI is InChI=1S/C16H11ClF2N2O2/c1-8-2-4-10(14(18)19)11(6-8)12-7-9-3-5-13(17)20-15(9)21(12)16(22)23/h2-7,14H,1H3,(H,22,23). The molecule has 0 radical (unpaired) electrons. The van der Waals surface area contributed by atoms with E-state index in [2.05, 4.69) is 4.98 Å². The number of hydrogen-bond donors (Lipinski definition) is 1. The van der Waals surface area contributed by atoms with Crippen molar-refractivity contribution in [1.82, 2.24) is 9.55 Å². The van der Waals surface area contributed by atoms with Crippen molar-refractivity contribution in [1.29, 1.82) is 0 Å². The highest BCUT2D eigenvalue weighted by atomic mass is 35.5. The molecule has 0 amide bonds. The third kappa shape index (κ3) is 2.66. The molecule has 0 aliphatic heterocycles. The summed E-state index contributed by atoms with van der Waals surface area (Å²) in [5.41, 5.74) is 0.934. The zero-order valence-corrected chi connectivity index (χ0v) is 12.7. The lowest BCUT2D eigenvalue weighted by atomic mass is 10.0. The summed E-state index contributed by atoms with van der Waals surface area (Å²) in [5.74, 6) is 0. The first-order valence-electron chi connectivity index (χ1n) is 6.69. The molecule has 7 heteroatoms. The van der Waals surface area contributed by atoms with Gasteiger partial charge in [0.2, 0.25) is 0 Å². The van der Waals surface area contributed by atoms with Gasteiger partial charge in [-0.25, -0.2) is 23.1 Å². The minimum Gasteiger partial charge on any atom is -0.464 e. The molecule has 4 nitrogen and oxygen atoms in total. The van der Waals surface area contributed by atoms with Gasteiger partial charge in [0, 0.05) is 16.5 Å². The van der Waals surface area contributed by atoms with Crippen LogP contribution in [0.2, 0.25) is 5.15 Å². The molecule has 0 unspecified atom stereocenters. The van der Waals surface area contributed by atoms with Gasteiger partial charge in [-0.1, -0.05) is 29.3 Å². The molecule has 1 N–H and O–H groups in total. The third-order valence-electron chi connectivity index (χ3n) is 3.53. The molecule has 118 valence electrons. The van der Waals surface area contributed by atoms with Crippen LogP contribution in [0.1, 0.15) is 17.6 Å². The van der Waals surface area contributed by atoms with Crippen LogP contribution in [0.25, 0.3) is 22.3 Å². The summed E-state index contributed by atoms with van der Waals surface area (Å²) in [6, 6.07) is 9.05. The van der Waals surface area contributed by atoms with Gasteiger partial charge in [-0.15, -0.1) is 0 Å². The average Bonchev–Trinajstić information content (AvgIpc) is 2.85. The molecule has 1 aromatic carbocycles. The van der Waals surface area contributed by atoms with E-state index in [0.717, 1.165) is 10.1 Å². The summed E-state index contributed by atoms with van der Waals surface area (Å²) in [6.45, 7) is 1.75. The number of halogens is 3. The van der Waals surface area contributed by atoms with Crippen molar-refractivity contribution in [2.45, 2.75) is 13.3 Å². The van der Waals surface area contributed by atoms with Crippen LogP contribution in [0.15, 0.2) is 36.4 Å². The summed E-state index contributed by atoms with van der Waals surface area (Å²) in [5, 5.41) is 10.1. The van der Waals surface area contributed by atoms with Gasteiger partial charge < -0.3 is 5.11 Å². The number of hydrogen-bond acceptors (Lipinski definition) is 2. The fraction of sp³-hybridized carbons (Fsp3) is 0.125. The molecule has 23 heavy (non-hydrogen) atoms. The summed E-state index contributed by atoms with van der Waals surface area (Å²) in [7, 11) is 0. The number of carboxylic acid groups (broad SMARTS) is 1. The highest BCUT2D eigenvalue weighted by Gasteiger charge is 2.22. The Hall–Kier alpha value is -2.47. The zero-order valence-electron chi connectivity index (χ0n) is 11.9. The van der Waals surface area contributed by atoms with Crippen LogP contribution in [0.4, 0.5) is 13.6 Å². The maximum atomic E-state index is 13.3. The van der Waals surface area contributed by atoms with Gasteiger partial charge in [0.25, 0.3) is 6.43 Å². The van der Waals surface area contributed by atoms with E-state index in [9.17, 15) is 18.7 Å². The van der Waals surface area contributed by atoms with E-state index >= 15 is 0 Å². The second kappa shape index (κ2) is 5.62. The number of aromatic nitrogens is 2. The Morgan fingerprint density at radius 3 is 2.65 bits per heavy atom. The highest BCUT2D eigenvalue weighted by Crippen LogP contribution is 2.35. The van der Waals surface area contributed by atoms with Gasteiger partial charge in [-0.3, -0.25) is 0 Å². The quantitative estimate of drug-likeness (QED) is 0.660. The summed E-state index contributed by atoms with van der Waals surface area (Å²) in [4.78, 5) is 15.6. The van der Waals surface area contributed by atoms with Crippen LogP contribution >= 0.6 is 11.6 Å². The summed E-state index contributed by atoms with van der Waals surface area (Å²) in [6.07, 6.45) is -4.03. The monoisotopic (exact) mass is 336 g/mol. The molecule has 3 aromatic rings. The Balaban J connectivity index is 2.39. The molecule has 0 saturated heterocycles. The van der Waals surface area contributed by atoms with Crippen molar-refractivity contribution >= 4 is 28.7 Å². The van der Waals surface area contributed by atoms with Crippen LogP contribution in [0.3, 0.4) is 0 Å². The number of benzene rings is 1. The van der Waals surface area contributed by atoms with Crippen molar-refractivity contribution in [3.8, 4) is 11.3 Å². The number of carbonyl (C=O) groups is 1. The van der Waals surface area contributed by atoms with Gasteiger partial charge in [0.15, 0.2) is 5.65 Å². The van der Waals surface area contributed by atoms with E-state index in [4.69, 9.17) is 11.6 Å². The summed E-state index contributed by atoms with van der Waals surface area (Å²) >= 11 is 5.82. The van der Waals surface area contributed by atoms with Crippen LogP contribution in [0.5, 0.6) is 0 Å². The van der Waals surface area contributed by atoms with E-state index in [0.29, 0.717) is 5.39 Å². The predicted molar refractivity (Wildman–Crippen MR) is 83.3 cm³/mol. The smallest absolute Gasteiger partial charge is 0.417 e. The molecule has 2 aromatic heterocycles. The molecule has 0 fully saturated rings. The Bertz CT molecular complexity index is 922. The van der Waals surface area contributed by atoms with Gasteiger partial charge in [-0.2, -0.15) is 0 Å². The van der Waals surface area contributed by atoms with E-state index in [1.807, 2.05) is 0 Å². The van der Waals surface area contributed by atoms with Crippen molar-refractivity contribution in [3.05, 3.63) is 52.7 Å². The maximum absolute atomic E-state index is 13.3. The zero-order chi connectivity index (χ0) is 16.7. The maximum Gasteiger partial charge on any atom is 0.417 e. The molecular weight excluding hydrogens is 326 g/mol. The first-order valence-corrected chi connectivity index (χ1v) is 7.06. The van der Waals surface area contributed by atoms with Crippen LogP contribution in [0, 0.1) is 6.92 Å². The molecule has 0 aliphatic carbocycles. The predicted octanol–water partition coefficient (Wildman–Crippen LogP) is 5.13. The average molecular weight is 337 g/mol. The highest BCUT2D eigenvalue weighted by molar-refractivity contribution is 6.29. The molecule has 0 aliphatic rings. The van der Waals surface area contributed by atoms with Crippen molar-refractivity contribution in [2.24, 2.45) is 0 Å². The lowest BCUT2D eigenvalue weighted by molar-refractivity contribution is 0.152. The number of aryl methyl sites for hydroxylation is 1. The number of fused-ring (bicyclic) bond motifs is 1. The molecule has 0 saturated carbocycles. The van der Waals surface area contributed by atoms with Crippen molar-refractivity contribution in [2.75, 3.05) is 0 Å². The van der Waals surface area contributed by atoms with E-state index in [1.54, 1.807) is 19.1 Å². The lowest BCUT2D eigenvalue weighted by Gasteiger charge is -2.11. The number of alkyl halides is 2. The van der Waals surface area contributed by atoms with Crippen molar-refractivity contribution in [3.63, 3.8) is 0 Å². The molecule has 0 spiro atoms. The van der Waals surface area contributed by atoms with Crippen LogP contribution < -0.4 is 0 Å². The van der Waals surface area contributed by atoms with Gasteiger partial charge >= 0.3 is 6.09 Å². The molecule has 3 rings (SSSR count). The Morgan fingerprint density at radius 2 is 2.00 bits per heavy atom. The second-order valence-corrected chi connectivity index (χ2v) is 5.47. The van der Waals surface area contributed by atoms with E-state index < -0.39 is 12.5 Å². The van der Waals surface area contributed by atoms with Gasteiger partial charge in [-0.05, 0) is 31.2 Å². The molecular formula is C16H11ClF2N2O2. The minimum absolute atomic E-state index is 0.113. The third-order valence-corrected chi connectivity index (χ3v) is 3.74. The molecule has 0 bridgehead atoms. The fourth-order valence-corrected chi connectivity index (χ4v) is 2.67. The number of pyridine rings is 1. The Labute approximate surface area is 134 Å². The van der Waals surface area contributed by atoms with Crippen LogP contribution in [-0.2, 0) is 0 Å². The SMILES string of the molecule is Cc1ccc(C(F)F)c(-c2cc3ccc(Cl)nc3n2C(=O)O)c1. The summed E-state index contributed by atoms with van der Waals surface area (Å²) < 4.78 is 27.5. The number of rotatable bonds is 2. The largest absolute Gasteiger partial charge is 0.464 e. The van der Waals surface area contributed by atoms with Crippen LogP contribution in [-0.4, -0.2) is 20.8 Å². The van der Waals surface area contributed by atoms with Crippen molar-refractivity contribution < 1.29 is 18.7 Å². The van der Waals surface area contributed by atoms with E-state index in [-0.39, 0.29) is 27.6 Å². The Kier molecular flexibility index (Phi) is 3.77. The first kappa shape index (κ1) is 15.4. The fourth-order valence-electron chi connectivity index (χ4n) is 2.53. The Morgan fingerprint density at radius 1 is 1.26 bits per heavy atom. The second-order valence-electron chi connectivity index (χ2n) is 5.09. The normalized spacial score (nSPS) is 11.3. The lowest BCUT2D eigenvalue weighted by Crippen LogP contribution is -2.10. The number of nitrogens with zero attached hydrogens (tertiary/aromatic N) is 2. The minimum atomic E-state index is -2.72. The van der Waals surface area contributed by atoms with Gasteiger partial charge in [0.05, 0.1) is 5.69 Å². The topological polar surface area (TPSA) is 55.1 Å². The molecule has 0 atom stereocenters. The first-order chi connectivity index (χ1) is 10.9. The molecule has 2 heterocycles. The van der Waals surface area contributed by atoms with E-state index in [1.165, 1.54) is 24.3 Å².